The van der Waals surface area contributed by atoms with Crippen LogP contribution >= 0.6 is 11.6 Å². The molecule has 0 aliphatic rings. The highest BCUT2D eigenvalue weighted by Crippen LogP contribution is 2.20. The molecule has 1 aromatic carbocycles. The smallest absolute Gasteiger partial charge is 0.356 e. The molecule has 0 unspecified atom stereocenters. The highest BCUT2D eigenvalue weighted by atomic mass is 35.5. The van der Waals surface area contributed by atoms with Crippen molar-refractivity contribution in [2.24, 2.45) is 4.99 Å². The SMILES string of the molecule is CN=C(C(=O)OC)c1c(C)cccc1Cl. The predicted octanol–water partition coefficient (Wildman–Crippen LogP) is 2.24. The molecule has 0 aliphatic carbocycles. The molecular weight excluding hydrogens is 214 g/mol. The fourth-order valence-corrected chi connectivity index (χ4v) is 1.64. The van der Waals surface area contributed by atoms with Crippen LogP contribution in [-0.4, -0.2) is 25.8 Å². The lowest BCUT2D eigenvalue weighted by atomic mass is 10.0. The largest absolute Gasteiger partial charge is 0.464 e. The zero-order chi connectivity index (χ0) is 11.4. The van der Waals surface area contributed by atoms with Gasteiger partial charge >= 0.3 is 5.97 Å². The van der Waals surface area contributed by atoms with Gasteiger partial charge in [0.15, 0.2) is 5.71 Å². The van der Waals surface area contributed by atoms with Gasteiger partial charge in [0.05, 0.1) is 12.1 Å². The number of carbonyl (C=O) groups excluding carboxylic acids is 1. The molecule has 0 bridgehead atoms. The number of ether oxygens (including phenoxy) is 1. The summed E-state index contributed by atoms with van der Waals surface area (Å²) in [6, 6.07) is 5.42. The number of benzene rings is 1. The van der Waals surface area contributed by atoms with E-state index in [2.05, 4.69) is 9.73 Å². The minimum Gasteiger partial charge on any atom is -0.464 e. The summed E-state index contributed by atoms with van der Waals surface area (Å²) in [5.74, 6) is -0.478. The molecule has 80 valence electrons. The molecule has 15 heavy (non-hydrogen) atoms. The molecule has 0 spiro atoms. The third-order valence-corrected chi connectivity index (χ3v) is 2.38. The first-order chi connectivity index (χ1) is 7.11. The Morgan fingerprint density at radius 2 is 2.13 bits per heavy atom. The van der Waals surface area contributed by atoms with Crippen LogP contribution in [0.4, 0.5) is 0 Å². The fourth-order valence-electron chi connectivity index (χ4n) is 1.33. The molecule has 0 atom stereocenters. The summed E-state index contributed by atoms with van der Waals surface area (Å²) >= 11 is 6.02. The average Bonchev–Trinajstić information content (AvgIpc) is 2.22. The fraction of sp³-hybridized carbons (Fsp3) is 0.273. The molecule has 1 rings (SSSR count). The van der Waals surface area contributed by atoms with E-state index in [1.54, 1.807) is 6.07 Å². The van der Waals surface area contributed by atoms with Crippen LogP contribution in [0.25, 0.3) is 0 Å². The van der Waals surface area contributed by atoms with Crippen molar-refractivity contribution in [3.8, 4) is 0 Å². The summed E-state index contributed by atoms with van der Waals surface area (Å²) in [7, 11) is 2.86. The topological polar surface area (TPSA) is 38.7 Å². The van der Waals surface area contributed by atoms with Crippen LogP contribution in [0.1, 0.15) is 11.1 Å². The van der Waals surface area contributed by atoms with Gasteiger partial charge in [-0.1, -0.05) is 23.7 Å². The summed E-state index contributed by atoms with van der Waals surface area (Å²) in [5, 5.41) is 0.501. The number of nitrogens with zero attached hydrogens (tertiary/aromatic N) is 1. The molecule has 3 nitrogen and oxygen atoms in total. The summed E-state index contributed by atoms with van der Waals surface area (Å²) in [4.78, 5) is 15.3. The van der Waals surface area contributed by atoms with E-state index < -0.39 is 5.97 Å². The molecule has 1 aromatic rings. The van der Waals surface area contributed by atoms with Gasteiger partial charge < -0.3 is 4.74 Å². The number of hydrogen-bond donors (Lipinski definition) is 0. The van der Waals surface area contributed by atoms with Crippen LogP contribution in [0.3, 0.4) is 0 Å². The van der Waals surface area contributed by atoms with Gasteiger partial charge in [0.1, 0.15) is 0 Å². The Morgan fingerprint density at radius 1 is 1.47 bits per heavy atom. The first kappa shape index (κ1) is 11.7. The Morgan fingerprint density at radius 3 is 2.60 bits per heavy atom. The third kappa shape index (κ3) is 2.36. The van der Waals surface area contributed by atoms with E-state index in [-0.39, 0.29) is 5.71 Å². The van der Waals surface area contributed by atoms with E-state index in [1.165, 1.54) is 14.2 Å². The molecule has 0 N–H and O–H groups in total. The van der Waals surface area contributed by atoms with Crippen molar-refractivity contribution in [1.82, 2.24) is 0 Å². The molecule has 0 fully saturated rings. The quantitative estimate of drug-likeness (QED) is 0.572. The molecule has 0 saturated heterocycles. The van der Waals surface area contributed by atoms with Crippen LogP contribution < -0.4 is 0 Å². The van der Waals surface area contributed by atoms with E-state index in [0.29, 0.717) is 10.6 Å². The van der Waals surface area contributed by atoms with Gasteiger partial charge in [-0.2, -0.15) is 0 Å². The van der Waals surface area contributed by atoms with Gasteiger partial charge in [0.25, 0.3) is 0 Å². The molecule has 0 radical (unpaired) electrons. The minimum atomic E-state index is -0.478. The third-order valence-electron chi connectivity index (χ3n) is 2.06. The number of aliphatic imine (C=N–C) groups is 1. The monoisotopic (exact) mass is 225 g/mol. The standard InChI is InChI=1S/C11H12ClNO2/c1-7-5-4-6-8(12)9(7)10(13-2)11(14)15-3/h4-6H,1-3H3. The second kappa shape index (κ2) is 4.94. The lowest BCUT2D eigenvalue weighted by Gasteiger charge is -2.08. The Balaban J connectivity index is 3.31. The molecule has 0 aliphatic heterocycles. The Kier molecular flexibility index (Phi) is 3.86. The van der Waals surface area contributed by atoms with Crippen molar-refractivity contribution >= 4 is 23.3 Å². The van der Waals surface area contributed by atoms with Gasteiger partial charge in [0, 0.05) is 12.6 Å². The van der Waals surface area contributed by atoms with Crippen molar-refractivity contribution < 1.29 is 9.53 Å². The normalized spacial score (nSPS) is 11.3. The van der Waals surface area contributed by atoms with Gasteiger partial charge in [0.2, 0.25) is 0 Å². The maximum atomic E-state index is 11.4. The number of rotatable bonds is 2. The van der Waals surface area contributed by atoms with E-state index >= 15 is 0 Å². The zero-order valence-electron chi connectivity index (χ0n) is 8.87. The van der Waals surface area contributed by atoms with Gasteiger partial charge in [-0.15, -0.1) is 0 Å². The van der Waals surface area contributed by atoms with Crippen molar-refractivity contribution in [1.29, 1.82) is 0 Å². The van der Waals surface area contributed by atoms with E-state index in [9.17, 15) is 4.79 Å². The Bertz CT molecular complexity index is 393. The number of halogens is 1. The predicted molar refractivity (Wildman–Crippen MR) is 60.7 cm³/mol. The van der Waals surface area contributed by atoms with Crippen molar-refractivity contribution in [2.45, 2.75) is 6.92 Å². The summed E-state index contributed by atoms with van der Waals surface area (Å²) in [6.07, 6.45) is 0. The lowest BCUT2D eigenvalue weighted by Crippen LogP contribution is -2.18. The summed E-state index contributed by atoms with van der Waals surface area (Å²) < 4.78 is 4.64. The Labute approximate surface area is 93.7 Å². The van der Waals surface area contributed by atoms with Gasteiger partial charge in [-0.25, -0.2) is 4.79 Å². The van der Waals surface area contributed by atoms with Crippen molar-refractivity contribution in [2.75, 3.05) is 14.2 Å². The first-order valence-corrected chi connectivity index (χ1v) is 4.80. The Hall–Kier alpha value is -1.35. The molecule has 0 heterocycles. The van der Waals surface area contributed by atoms with Crippen molar-refractivity contribution in [3.05, 3.63) is 34.3 Å². The van der Waals surface area contributed by atoms with Gasteiger partial charge in [-0.3, -0.25) is 4.99 Å². The second-order valence-electron chi connectivity index (χ2n) is 3.00. The highest BCUT2D eigenvalue weighted by molar-refractivity contribution is 6.47. The number of hydrogen-bond acceptors (Lipinski definition) is 3. The lowest BCUT2D eigenvalue weighted by molar-refractivity contribution is -0.132. The van der Waals surface area contributed by atoms with E-state index in [0.717, 1.165) is 5.56 Å². The number of methoxy groups -OCH3 is 1. The number of aryl methyl sites for hydroxylation is 1. The molecule has 0 aromatic heterocycles. The van der Waals surface area contributed by atoms with E-state index in [4.69, 9.17) is 11.6 Å². The minimum absolute atomic E-state index is 0.251. The maximum absolute atomic E-state index is 11.4. The van der Waals surface area contributed by atoms with Crippen LogP contribution in [0, 0.1) is 6.92 Å². The maximum Gasteiger partial charge on any atom is 0.356 e. The highest BCUT2D eigenvalue weighted by Gasteiger charge is 2.18. The molecule has 0 amide bonds. The molecule has 0 saturated carbocycles. The molecular formula is C11H12ClNO2. The summed E-state index contributed by atoms with van der Waals surface area (Å²) in [5.41, 5.74) is 1.78. The van der Waals surface area contributed by atoms with Crippen LogP contribution in [0.2, 0.25) is 5.02 Å². The number of carbonyl (C=O) groups is 1. The summed E-state index contributed by atoms with van der Waals surface area (Å²) in [6.45, 7) is 1.87. The molecule has 4 heteroatoms. The van der Waals surface area contributed by atoms with Crippen molar-refractivity contribution in [3.63, 3.8) is 0 Å². The van der Waals surface area contributed by atoms with Crippen LogP contribution in [-0.2, 0) is 9.53 Å². The second-order valence-corrected chi connectivity index (χ2v) is 3.40. The average molecular weight is 226 g/mol. The van der Waals surface area contributed by atoms with Crippen LogP contribution in [0.15, 0.2) is 23.2 Å². The number of esters is 1. The van der Waals surface area contributed by atoms with E-state index in [1.807, 2.05) is 19.1 Å². The first-order valence-electron chi connectivity index (χ1n) is 4.42. The van der Waals surface area contributed by atoms with Gasteiger partial charge in [-0.05, 0) is 18.6 Å². The van der Waals surface area contributed by atoms with Crippen LogP contribution in [0.5, 0.6) is 0 Å². The zero-order valence-corrected chi connectivity index (χ0v) is 9.63.